The molecule has 1 saturated heterocycles. The number of amides is 1. The van der Waals surface area contributed by atoms with Gasteiger partial charge in [-0.05, 0) is 13.0 Å². The molecule has 0 spiro atoms. The molecule has 1 atom stereocenters. The molecule has 0 saturated carbocycles. The summed E-state index contributed by atoms with van der Waals surface area (Å²) in [5.41, 5.74) is 0.574. The van der Waals surface area contributed by atoms with E-state index in [2.05, 4.69) is 5.32 Å². The zero-order chi connectivity index (χ0) is 11.5. The van der Waals surface area contributed by atoms with Crippen molar-refractivity contribution >= 4 is 5.91 Å². The molecule has 1 unspecified atom stereocenters. The van der Waals surface area contributed by atoms with Crippen molar-refractivity contribution in [3.8, 4) is 0 Å². The molecule has 1 aliphatic rings. The fraction of sp³-hybridized carbons (Fsp3) is 0.417. The van der Waals surface area contributed by atoms with Crippen LogP contribution in [0, 0.1) is 5.82 Å². The van der Waals surface area contributed by atoms with E-state index in [1.54, 1.807) is 23.1 Å². The molecule has 1 aromatic rings. The summed E-state index contributed by atoms with van der Waals surface area (Å²) in [6.45, 7) is 3.59. The minimum absolute atomic E-state index is 0.0366. The monoisotopic (exact) mass is 222 g/mol. The lowest BCUT2D eigenvalue weighted by atomic mass is 10.1. The van der Waals surface area contributed by atoms with Gasteiger partial charge in [0.05, 0.1) is 6.04 Å². The Hall–Kier alpha value is -1.42. The van der Waals surface area contributed by atoms with Crippen molar-refractivity contribution in [1.82, 2.24) is 10.2 Å². The molecule has 1 aromatic carbocycles. The number of piperazine rings is 1. The number of carbonyl (C=O) groups is 1. The van der Waals surface area contributed by atoms with Gasteiger partial charge in [0.2, 0.25) is 5.91 Å². The average Bonchev–Trinajstić information content (AvgIpc) is 2.28. The van der Waals surface area contributed by atoms with E-state index in [0.717, 1.165) is 6.54 Å². The molecule has 0 aliphatic carbocycles. The summed E-state index contributed by atoms with van der Waals surface area (Å²) >= 11 is 0. The second-order valence-electron chi connectivity index (χ2n) is 4.03. The molecule has 0 aromatic heterocycles. The van der Waals surface area contributed by atoms with Crippen LogP contribution in [0.1, 0.15) is 12.5 Å². The Labute approximate surface area is 94.3 Å². The number of rotatable bonds is 2. The molecule has 0 bridgehead atoms. The highest BCUT2D eigenvalue weighted by molar-refractivity contribution is 5.82. The third-order valence-electron chi connectivity index (χ3n) is 2.83. The van der Waals surface area contributed by atoms with E-state index in [0.29, 0.717) is 18.7 Å². The molecule has 4 heteroatoms. The Balaban J connectivity index is 2.10. The molecule has 1 N–H and O–H groups in total. The first-order valence-electron chi connectivity index (χ1n) is 5.44. The molecule has 86 valence electrons. The van der Waals surface area contributed by atoms with Gasteiger partial charge in [0.1, 0.15) is 5.82 Å². The van der Waals surface area contributed by atoms with Crippen molar-refractivity contribution in [3.63, 3.8) is 0 Å². The van der Waals surface area contributed by atoms with E-state index in [1.807, 2.05) is 6.92 Å². The summed E-state index contributed by atoms with van der Waals surface area (Å²) in [7, 11) is 0. The van der Waals surface area contributed by atoms with E-state index in [1.165, 1.54) is 6.07 Å². The second kappa shape index (κ2) is 4.61. The van der Waals surface area contributed by atoms with E-state index in [-0.39, 0.29) is 17.8 Å². The Bertz CT molecular complexity index is 394. The van der Waals surface area contributed by atoms with Crippen LogP contribution in [0.3, 0.4) is 0 Å². The molecule has 2 rings (SSSR count). The number of hydrogen-bond donors (Lipinski definition) is 1. The smallest absolute Gasteiger partial charge is 0.239 e. The van der Waals surface area contributed by atoms with Crippen molar-refractivity contribution in [2.45, 2.75) is 19.5 Å². The quantitative estimate of drug-likeness (QED) is 0.814. The Morgan fingerprint density at radius 1 is 1.50 bits per heavy atom. The van der Waals surface area contributed by atoms with Crippen LogP contribution in [0.15, 0.2) is 24.3 Å². The fourth-order valence-electron chi connectivity index (χ4n) is 1.88. The summed E-state index contributed by atoms with van der Waals surface area (Å²) in [5.74, 6) is -0.212. The van der Waals surface area contributed by atoms with Gasteiger partial charge < -0.3 is 10.2 Å². The lowest BCUT2D eigenvalue weighted by Gasteiger charge is -2.31. The SMILES string of the molecule is CC1NCCN(Cc2ccccc2F)C1=O. The molecule has 1 fully saturated rings. The largest absolute Gasteiger partial charge is 0.336 e. The highest BCUT2D eigenvalue weighted by Crippen LogP contribution is 2.12. The Morgan fingerprint density at radius 3 is 3.00 bits per heavy atom. The van der Waals surface area contributed by atoms with Crippen molar-refractivity contribution in [2.75, 3.05) is 13.1 Å². The van der Waals surface area contributed by atoms with Crippen LogP contribution in [-0.4, -0.2) is 29.9 Å². The van der Waals surface area contributed by atoms with Gasteiger partial charge in [-0.25, -0.2) is 4.39 Å². The van der Waals surface area contributed by atoms with Crippen LogP contribution < -0.4 is 5.32 Å². The van der Waals surface area contributed by atoms with Gasteiger partial charge in [-0.3, -0.25) is 4.79 Å². The van der Waals surface area contributed by atoms with Gasteiger partial charge >= 0.3 is 0 Å². The molecule has 16 heavy (non-hydrogen) atoms. The predicted molar refractivity (Wildman–Crippen MR) is 59.3 cm³/mol. The van der Waals surface area contributed by atoms with Gasteiger partial charge in [-0.15, -0.1) is 0 Å². The van der Waals surface area contributed by atoms with Crippen LogP contribution in [0.2, 0.25) is 0 Å². The molecular formula is C12H15FN2O. The van der Waals surface area contributed by atoms with Gasteiger partial charge in [0, 0.05) is 25.2 Å². The van der Waals surface area contributed by atoms with E-state index >= 15 is 0 Å². The highest BCUT2D eigenvalue weighted by Gasteiger charge is 2.24. The van der Waals surface area contributed by atoms with Crippen LogP contribution in [0.25, 0.3) is 0 Å². The zero-order valence-corrected chi connectivity index (χ0v) is 9.24. The maximum Gasteiger partial charge on any atom is 0.239 e. The average molecular weight is 222 g/mol. The van der Waals surface area contributed by atoms with Crippen molar-refractivity contribution in [1.29, 1.82) is 0 Å². The van der Waals surface area contributed by atoms with Gasteiger partial charge in [-0.2, -0.15) is 0 Å². The zero-order valence-electron chi connectivity index (χ0n) is 9.24. The molecule has 0 radical (unpaired) electrons. The fourth-order valence-corrected chi connectivity index (χ4v) is 1.88. The molecule has 3 nitrogen and oxygen atoms in total. The lowest BCUT2D eigenvalue weighted by molar-refractivity contribution is -0.135. The third-order valence-corrected chi connectivity index (χ3v) is 2.83. The third kappa shape index (κ3) is 2.22. The maximum atomic E-state index is 13.4. The Morgan fingerprint density at radius 2 is 2.25 bits per heavy atom. The summed E-state index contributed by atoms with van der Waals surface area (Å²) in [6, 6.07) is 6.41. The van der Waals surface area contributed by atoms with E-state index < -0.39 is 0 Å². The number of halogens is 1. The normalized spacial score (nSPS) is 21.2. The minimum atomic E-state index is -0.249. The number of benzene rings is 1. The number of carbonyl (C=O) groups excluding carboxylic acids is 1. The molecule has 1 heterocycles. The topological polar surface area (TPSA) is 32.3 Å². The van der Waals surface area contributed by atoms with Gasteiger partial charge in [-0.1, -0.05) is 18.2 Å². The summed E-state index contributed by atoms with van der Waals surface area (Å²) in [4.78, 5) is 13.5. The first-order chi connectivity index (χ1) is 7.68. The van der Waals surface area contributed by atoms with Crippen LogP contribution in [-0.2, 0) is 11.3 Å². The first kappa shape index (κ1) is 11.1. The summed E-state index contributed by atoms with van der Waals surface area (Å²) in [6.07, 6.45) is 0. The highest BCUT2D eigenvalue weighted by atomic mass is 19.1. The first-order valence-corrected chi connectivity index (χ1v) is 5.44. The predicted octanol–water partition coefficient (Wildman–Crippen LogP) is 1.15. The van der Waals surface area contributed by atoms with Crippen molar-refractivity contribution in [3.05, 3.63) is 35.6 Å². The van der Waals surface area contributed by atoms with Crippen LogP contribution in [0.4, 0.5) is 4.39 Å². The molecular weight excluding hydrogens is 207 g/mol. The van der Waals surface area contributed by atoms with Gasteiger partial charge in [0.15, 0.2) is 0 Å². The van der Waals surface area contributed by atoms with Crippen molar-refractivity contribution in [2.24, 2.45) is 0 Å². The maximum absolute atomic E-state index is 13.4. The van der Waals surface area contributed by atoms with E-state index in [9.17, 15) is 9.18 Å². The van der Waals surface area contributed by atoms with Gasteiger partial charge in [0.25, 0.3) is 0 Å². The number of nitrogens with zero attached hydrogens (tertiary/aromatic N) is 1. The Kier molecular flexibility index (Phi) is 3.19. The van der Waals surface area contributed by atoms with Crippen LogP contribution in [0.5, 0.6) is 0 Å². The second-order valence-corrected chi connectivity index (χ2v) is 4.03. The standard InChI is InChI=1S/C12H15FN2O/c1-9-12(16)15(7-6-14-9)8-10-4-2-3-5-11(10)13/h2-5,9,14H,6-8H2,1H3. The summed E-state index contributed by atoms with van der Waals surface area (Å²) in [5, 5.41) is 3.08. The minimum Gasteiger partial charge on any atom is -0.336 e. The summed E-state index contributed by atoms with van der Waals surface area (Å²) < 4.78 is 13.4. The number of hydrogen-bond acceptors (Lipinski definition) is 2. The lowest BCUT2D eigenvalue weighted by Crippen LogP contribution is -2.53. The molecule has 1 amide bonds. The van der Waals surface area contributed by atoms with Crippen LogP contribution >= 0.6 is 0 Å². The number of nitrogens with one attached hydrogen (secondary N) is 1. The van der Waals surface area contributed by atoms with Crippen molar-refractivity contribution < 1.29 is 9.18 Å². The van der Waals surface area contributed by atoms with E-state index in [4.69, 9.17) is 0 Å². The molecule has 1 aliphatic heterocycles.